The summed E-state index contributed by atoms with van der Waals surface area (Å²) >= 11 is 3.59. The quantitative estimate of drug-likeness (QED) is 0.843. The zero-order valence-corrected chi connectivity index (χ0v) is 11.3. The Morgan fingerprint density at radius 3 is 2.94 bits per heavy atom. The molecule has 1 aliphatic heterocycles. The third kappa shape index (κ3) is 2.58. The fourth-order valence-electron chi connectivity index (χ4n) is 2.34. The van der Waals surface area contributed by atoms with E-state index in [4.69, 9.17) is 5.73 Å². The lowest BCUT2D eigenvalue weighted by atomic mass is 10.0. The Labute approximate surface area is 106 Å². The van der Waals surface area contributed by atoms with Crippen LogP contribution in [-0.4, -0.2) is 17.5 Å². The van der Waals surface area contributed by atoms with E-state index in [1.54, 1.807) is 0 Å². The van der Waals surface area contributed by atoms with Gasteiger partial charge in [0.2, 0.25) is 0 Å². The van der Waals surface area contributed by atoms with Crippen molar-refractivity contribution in [2.75, 3.05) is 12.3 Å². The van der Waals surface area contributed by atoms with Crippen LogP contribution in [0.25, 0.3) is 0 Å². The van der Waals surface area contributed by atoms with Crippen LogP contribution in [0.2, 0.25) is 0 Å². The zero-order chi connectivity index (χ0) is 11.5. The molecule has 2 rings (SSSR count). The molecule has 3 heteroatoms. The van der Waals surface area contributed by atoms with Crippen molar-refractivity contribution in [1.82, 2.24) is 4.90 Å². The van der Waals surface area contributed by atoms with Gasteiger partial charge in [0.1, 0.15) is 0 Å². The molecule has 0 aromatic heterocycles. The molecule has 1 aromatic rings. The maximum absolute atomic E-state index is 6.03. The maximum atomic E-state index is 6.03. The summed E-state index contributed by atoms with van der Waals surface area (Å²) in [4.78, 5) is 2.53. The summed E-state index contributed by atoms with van der Waals surface area (Å²) in [6.07, 6.45) is 3.99. The molecule has 1 unspecified atom stereocenters. The molecule has 1 heterocycles. The van der Waals surface area contributed by atoms with Crippen molar-refractivity contribution in [3.63, 3.8) is 0 Å². The molecule has 2 N–H and O–H groups in total. The molecule has 0 bridgehead atoms. The van der Waals surface area contributed by atoms with Crippen LogP contribution in [0.4, 0.5) is 5.69 Å². The van der Waals surface area contributed by atoms with Crippen molar-refractivity contribution in [1.29, 1.82) is 0 Å². The lowest BCUT2D eigenvalue weighted by molar-refractivity contribution is 0.152. The van der Waals surface area contributed by atoms with Gasteiger partial charge in [-0.05, 0) is 38.4 Å². The Hall–Kier alpha value is -0.540. The van der Waals surface area contributed by atoms with E-state index < -0.39 is 0 Å². The zero-order valence-electron chi connectivity index (χ0n) is 9.75. The normalized spacial score (nSPS) is 22.2. The fraction of sp³-hybridized carbons (Fsp3) is 0.538. The standard InChI is InChI=1S/C13H19BrN2/c1-10-5-2-3-8-16(10)9-11-12(14)6-4-7-13(11)15/h4,6-7,10H,2-3,5,8-9,15H2,1H3. The molecular weight excluding hydrogens is 264 g/mol. The molecule has 2 nitrogen and oxygen atoms in total. The molecule has 1 saturated heterocycles. The van der Waals surface area contributed by atoms with E-state index in [-0.39, 0.29) is 0 Å². The summed E-state index contributed by atoms with van der Waals surface area (Å²) in [6, 6.07) is 6.72. The summed E-state index contributed by atoms with van der Waals surface area (Å²) in [5, 5.41) is 0. The number of hydrogen-bond donors (Lipinski definition) is 1. The van der Waals surface area contributed by atoms with Crippen LogP contribution < -0.4 is 5.73 Å². The number of nitrogens with two attached hydrogens (primary N) is 1. The number of halogens is 1. The van der Waals surface area contributed by atoms with Crippen LogP contribution in [0.15, 0.2) is 22.7 Å². The molecule has 88 valence electrons. The van der Waals surface area contributed by atoms with Gasteiger partial charge in [-0.3, -0.25) is 4.90 Å². The van der Waals surface area contributed by atoms with Gasteiger partial charge in [0.25, 0.3) is 0 Å². The van der Waals surface area contributed by atoms with E-state index in [1.165, 1.54) is 31.4 Å². The first-order chi connectivity index (χ1) is 7.68. The van der Waals surface area contributed by atoms with Gasteiger partial charge in [0.15, 0.2) is 0 Å². The maximum Gasteiger partial charge on any atom is 0.0371 e. The monoisotopic (exact) mass is 282 g/mol. The predicted molar refractivity (Wildman–Crippen MR) is 72.3 cm³/mol. The van der Waals surface area contributed by atoms with Crippen molar-refractivity contribution in [3.05, 3.63) is 28.2 Å². The number of benzene rings is 1. The molecular formula is C13H19BrN2. The van der Waals surface area contributed by atoms with E-state index >= 15 is 0 Å². The van der Waals surface area contributed by atoms with E-state index in [2.05, 4.69) is 33.8 Å². The second kappa shape index (κ2) is 5.19. The molecule has 1 aliphatic rings. The van der Waals surface area contributed by atoms with Gasteiger partial charge < -0.3 is 5.73 Å². The van der Waals surface area contributed by atoms with Crippen LogP contribution in [0.1, 0.15) is 31.7 Å². The Morgan fingerprint density at radius 1 is 1.44 bits per heavy atom. The van der Waals surface area contributed by atoms with Gasteiger partial charge in [0.05, 0.1) is 0 Å². The molecule has 16 heavy (non-hydrogen) atoms. The highest BCUT2D eigenvalue weighted by atomic mass is 79.9. The number of anilines is 1. The minimum absolute atomic E-state index is 0.681. The first kappa shape index (κ1) is 11.9. The minimum atomic E-state index is 0.681. The first-order valence-electron chi connectivity index (χ1n) is 5.95. The smallest absolute Gasteiger partial charge is 0.0371 e. The highest BCUT2D eigenvalue weighted by molar-refractivity contribution is 9.10. The Morgan fingerprint density at radius 2 is 2.25 bits per heavy atom. The lowest BCUT2D eigenvalue weighted by Gasteiger charge is -2.33. The molecule has 0 radical (unpaired) electrons. The predicted octanol–water partition coefficient (Wildman–Crippen LogP) is 3.41. The number of nitrogen functional groups attached to an aromatic ring is 1. The molecule has 1 aromatic carbocycles. The molecule has 0 aliphatic carbocycles. The Bertz CT molecular complexity index is 345. The highest BCUT2D eigenvalue weighted by Crippen LogP contribution is 2.27. The Balaban J connectivity index is 2.13. The SMILES string of the molecule is CC1CCCCN1Cc1c(N)cccc1Br. The number of nitrogens with zero attached hydrogens (tertiary/aromatic N) is 1. The first-order valence-corrected chi connectivity index (χ1v) is 6.74. The fourth-order valence-corrected chi connectivity index (χ4v) is 2.84. The van der Waals surface area contributed by atoms with Crippen molar-refractivity contribution < 1.29 is 0 Å². The third-order valence-electron chi connectivity index (χ3n) is 3.46. The largest absolute Gasteiger partial charge is 0.398 e. The van der Waals surface area contributed by atoms with Gasteiger partial charge >= 0.3 is 0 Å². The minimum Gasteiger partial charge on any atom is -0.398 e. The number of likely N-dealkylation sites (tertiary alicyclic amines) is 1. The average Bonchev–Trinajstić information content (AvgIpc) is 2.26. The van der Waals surface area contributed by atoms with Gasteiger partial charge in [-0.15, -0.1) is 0 Å². The second-order valence-electron chi connectivity index (χ2n) is 4.62. The molecule has 0 amide bonds. The van der Waals surface area contributed by atoms with Crippen LogP contribution in [0, 0.1) is 0 Å². The molecule has 0 saturated carbocycles. The number of piperidine rings is 1. The van der Waals surface area contributed by atoms with Crippen molar-refractivity contribution in [2.24, 2.45) is 0 Å². The third-order valence-corrected chi connectivity index (χ3v) is 4.20. The second-order valence-corrected chi connectivity index (χ2v) is 5.48. The van der Waals surface area contributed by atoms with E-state index in [0.29, 0.717) is 6.04 Å². The van der Waals surface area contributed by atoms with E-state index in [0.717, 1.165) is 16.7 Å². The van der Waals surface area contributed by atoms with Crippen LogP contribution in [0.5, 0.6) is 0 Å². The Kier molecular flexibility index (Phi) is 3.87. The lowest BCUT2D eigenvalue weighted by Crippen LogP contribution is -2.37. The van der Waals surface area contributed by atoms with Crippen molar-refractivity contribution in [3.8, 4) is 0 Å². The molecule has 0 spiro atoms. The van der Waals surface area contributed by atoms with Crippen molar-refractivity contribution in [2.45, 2.75) is 38.8 Å². The van der Waals surface area contributed by atoms with Crippen LogP contribution >= 0.6 is 15.9 Å². The average molecular weight is 283 g/mol. The summed E-state index contributed by atoms with van der Waals surface area (Å²) in [6.45, 7) is 4.47. The molecule has 1 atom stereocenters. The number of rotatable bonds is 2. The van der Waals surface area contributed by atoms with Gasteiger partial charge in [-0.2, -0.15) is 0 Å². The highest BCUT2D eigenvalue weighted by Gasteiger charge is 2.19. The number of hydrogen-bond acceptors (Lipinski definition) is 2. The van der Waals surface area contributed by atoms with Gasteiger partial charge in [-0.1, -0.05) is 28.4 Å². The van der Waals surface area contributed by atoms with Crippen molar-refractivity contribution >= 4 is 21.6 Å². The van der Waals surface area contributed by atoms with Crippen LogP contribution in [-0.2, 0) is 6.54 Å². The van der Waals surface area contributed by atoms with E-state index in [9.17, 15) is 0 Å². The van der Waals surface area contributed by atoms with Crippen LogP contribution in [0.3, 0.4) is 0 Å². The molecule has 1 fully saturated rings. The van der Waals surface area contributed by atoms with Gasteiger partial charge in [-0.25, -0.2) is 0 Å². The summed E-state index contributed by atoms with van der Waals surface area (Å²) in [5.41, 5.74) is 8.16. The summed E-state index contributed by atoms with van der Waals surface area (Å²) in [7, 11) is 0. The van der Waals surface area contributed by atoms with E-state index in [1.807, 2.05) is 12.1 Å². The van der Waals surface area contributed by atoms with Gasteiger partial charge in [0, 0.05) is 28.3 Å². The topological polar surface area (TPSA) is 29.3 Å². The summed E-state index contributed by atoms with van der Waals surface area (Å²) in [5.74, 6) is 0. The summed E-state index contributed by atoms with van der Waals surface area (Å²) < 4.78 is 1.13.